The molecule has 3 rings (SSSR count). The molecule has 2 heterocycles. The number of amides is 1. The van der Waals surface area contributed by atoms with Crippen LogP contribution in [0.1, 0.15) is 23.0 Å². The van der Waals surface area contributed by atoms with Gasteiger partial charge in [-0.3, -0.25) is 4.79 Å². The van der Waals surface area contributed by atoms with Gasteiger partial charge in [0.05, 0.1) is 10.2 Å². The van der Waals surface area contributed by atoms with Gasteiger partial charge >= 0.3 is 0 Å². The average Bonchev–Trinajstić information content (AvgIpc) is 3.13. The minimum absolute atomic E-state index is 0.175. The van der Waals surface area contributed by atoms with E-state index in [2.05, 4.69) is 5.32 Å². The third-order valence-corrected chi connectivity index (χ3v) is 4.53. The van der Waals surface area contributed by atoms with Gasteiger partial charge in [0.25, 0.3) is 5.91 Å². The third-order valence-electron chi connectivity index (χ3n) is 3.68. The summed E-state index contributed by atoms with van der Waals surface area (Å²) in [5, 5.41) is 4.82. The number of carbonyl (C=O) groups is 1. The molecule has 3 nitrogen and oxygen atoms in total. The van der Waals surface area contributed by atoms with Gasteiger partial charge in [-0.15, -0.1) is 11.3 Å². The summed E-state index contributed by atoms with van der Waals surface area (Å²) in [6, 6.07) is 10.4. The molecule has 5 heteroatoms. The first kappa shape index (κ1) is 15.5. The van der Waals surface area contributed by atoms with E-state index in [1.165, 1.54) is 6.07 Å². The molecule has 118 valence electrons. The van der Waals surface area contributed by atoms with E-state index in [0.29, 0.717) is 17.8 Å². The Hall–Kier alpha value is -2.40. The number of nitrogens with one attached hydrogen (secondary N) is 1. The van der Waals surface area contributed by atoms with Crippen molar-refractivity contribution in [2.75, 3.05) is 0 Å². The second-order valence-corrected chi connectivity index (χ2v) is 6.10. The molecule has 0 aliphatic heterocycles. The smallest absolute Gasteiger partial charge is 0.268 e. The Kier molecular flexibility index (Phi) is 4.57. The Morgan fingerprint density at radius 1 is 1.35 bits per heavy atom. The maximum absolute atomic E-state index is 13.6. The van der Waals surface area contributed by atoms with Crippen LogP contribution in [0.3, 0.4) is 0 Å². The lowest BCUT2D eigenvalue weighted by atomic mass is 10.2. The van der Waals surface area contributed by atoms with Gasteiger partial charge in [0.2, 0.25) is 0 Å². The Bertz CT molecular complexity index is 863. The van der Waals surface area contributed by atoms with Crippen molar-refractivity contribution in [3.63, 3.8) is 0 Å². The predicted octanol–water partition coefficient (Wildman–Crippen LogP) is 4.35. The number of thiophene rings is 1. The van der Waals surface area contributed by atoms with E-state index < -0.39 is 0 Å². The summed E-state index contributed by atoms with van der Waals surface area (Å²) in [5.41, 5.74) is 2.12. The fourth-order valence-corrected chi connectivity index (χ4v) is 3.30. The molecule has 0 bridgehead atoms. The quantitative estimate of drug-likeness (QED) is 0.694. The maximum Gasteiger partial charge on any atom is 0.268 e. The summed E-state index contributed by atoms with van der Waals surface area (Å²) in [6.45, 7) is 2.76. The van der Waals surface area contributed by atoms with Crippen molar-refractivity contribution in [3.8, 4) is 0 Å². The third kappa shape index (κ3) is 3.19. The highest BCUT2D eigenvalue weighted by Gasteiger charge is 2.16. The van der Waals surface area contributed by atoms with Crippen molar-refractivity contribution < 1.29 is 9.18 Å². The zero-order valence-electron chi connectivity index (χ0n) is 12.8. The Morgan fingerprint density at radius 2 is 2.17 bits per heavy atom. The van der Waals surface area contributed by atoms with Gasteiger partial charge in [0.15, 0.2) is 0 Å². The minimum atomic E-state index is -0.307. The zero-order valence-corrected chi connectivity index (χ0v) is 13.6. The van der Waals surface area contributed by atoms with Crippen molar-refractivity contribution in [1.29, 1.82) is 0 Å². The monoisotopic (exact) mass is 328 g/mol. The number of fused-ring (bicyclic) bond motifs is 1. The van der Waals surface area contributed by atoms with E-state index in [9.17, 15) is 9.18 Å². The van der Waals surface area contributed by atoms with Gasteiger partial charge in [-0.1, -0.05) is 30.4 Å². The Labute approximate surface area is 138 Å². The lowest BCUT2D eigenvalue weighted by Crippen LogP contribution is -2.25. The molecular weight excluding hydrogens is 311 g/mol. The SMILES string of the molecule is C/C=C/Cn1c(C(=O)NCc2ccccc2F)cc2sccc21. The first-order valence-corrected chi connectivity index (χ1v) is 8.28. The van der Waals surface area contributed by atoms with Crippen LogP contribution in [0.4, 0.5) is 4.39 Å². The highest BCUT2D eigenvalue weighted by Crippen LogP contribution is 2.25. The Morgan fingerprint density at radius 3 is 2.96 bits per heavy atom. The summed E-state index contributed by atoms with van der Waals surface area (Å²) in [4.78, 5) is 12.5. The lowest BCUT2D eigenvalue weighted by molar-refractivity contribution is 0.0942. The molecule has 3 aromatic rings. The van der Waals surface area contributed by atoms with Crippen LogP contribution in [0.25, 0.3) is 10.2 Å². The summed E-state index contributed by atoms with van der Waals surface area (Å²) in [6.07, 6.45) is 3.96. The zero-order chi connectivity index (χ0) is 16.2. The van der Waals surface area contributed by atoms with Crippen molar-refractivity contribution in [2.24, 2.45) is 0 Å². The molecule has 0 saturated carbocycles. The number of hydrogen-bond acceptors (Lipinski definition) is 2. The summed E-state index contributed by atoms with van der Waals surface area (Å²) < 4.78 is 16.7. The predicted molar refractivity (Wildman–Crippen MR) is 92.2 cm³/mol. The van der Waals surface area contributed by atoms with E-state index in [1.807, 2.05) is 41.2 Å². The van der Waals surface area contributed by atoms with Gasteiger partial charge in [-0.05, 0) is 30.5 Å². The van der Waals surface area contributed by atoms with Crippen LogP contribution >= 0.6 is 11.3 Å². The maximum atomic E-state index is 13.6. The first-order chi connectivity index (χ1) is 11.2. The van der Waals surface area contributed by atoms with Crippen molar-refractivity contribution >= 4 is 27.5 Å². The molecule has 1 aromatic carbocycles. The summed E-state index contributed by atoms with van der Waals surface area (Å²) in [7, 11) is 0. The standard InChI is InChI=1S/C18H17FN2OS/c1-2-3-9-21-15-8-10-23-17(15)11-16(21)18(22)20-12-13-6-4-5-7-14(13)19/h2-8,10-11H,9,12H2,1H3,(H,20,22)/b3-2+. The minimum Gasteiger partial charge on any atom is -0.347 e. The van der Waals surface area contributed by atoms with Crippen LogP contribution in [0.5, 0.6) is 0 Å². The molecular formula is C18H17FN2OS. The van der Waals surface area contributed by atoms with Gasteiger partial charge < -0.3 is 9.88 Å². The van der Waals surface area contributed by atoms with E-state index >= 15 is 0 Å². The molecule has 0 spiro atoms. The number of rotatable bonds is 5. The van der Waals surface area contributed by atoms with Gasteiger partial charge in [-0.2, -0.15) is 0 Å². The highest BCUT2D eigenvalue weighted by molar-refractivity contribution is 7.17. The van der Waals surface area contributed by atoms with Gasteiger partial charge in [0, 0.05) is 18.7 Å². The molecule has 1 N–H and O–H groups in total. The highest BCUT2D eigenvalue weighted by atomic mass is 32.1. The molecule has 0 fully saturated rings. The van der Waals surface area contributed by atoms with E-state index in [1.54, 1.807) is 29.5 Å². The fourth-order valence-electron chi connectivity index (χ4n) is 2.48. The summed E-state index contributed by atoms with van der Waals surface area (Å²) >= 11 is 1.61. The number of allylic oxidation sites excluding steroid dienone is 2. The van der Waals surface area contributed by atoms with E-state index in [4.69, 9.17) is 0 Å². The van der Waals surface area contributed by atoms with E-state index in [-0.39, 0.29) is 18.3 Å². The average molecular weight is 328 g/mol. The van der Waals surface area contributed by atoms with Gasteiger partial charge in [-0.25, -0.2) is 4.39 Å². The van der Waals surface area contributed by atoms with Crippen LogP contribution in [0.15, 0.2) is 53.9 Å². The normalized spacial score (nSPS) is 11.4. The lowest BCUT2D eigenvalue weighted by Gasteiger charge is -2.09. The summed E-state index contributed by atoms with van der Waals surface area (Å²) in [5.74, 6) is -0.501. The number of halogens is 1. The number of carbonyl (C=O) groups excluding carboxylic acids is 1. The van der Waals surface area contributed by atoms with Crippen molar-refractivity contribution in [3.05, 3.63) is 71.0 Å². The molecule has 2 aromatic heterocycles. The molecule has 0 aliphatic carbocycles. The van der Waals surface area contributed by atoms with Gasteiger partial charge in [0.1, 0.15) is 11.5 Å². The van der Waals surface area contributed by atoms with Crippen LogP contribution in [0.2, 0.25) is 0 Å². The first-order valence-electron chi connectivity index (χ1n) is 7.40. The second-order valence-electron chi connectivity index (χ2n) is 5.15. The molecule has 0 unspecified atom stereocenters. The Balaban J connectivity index is 1.83. The van der Waals surface area contributed by atoms with Crippen molar-refractivity contribution in [2.45, 2.75) is 20.0 Å². The largest absolute Gasteiger partial charge is 0.347 e. The van der Waals surface area contributed by atoms with Crippen LogP contribution in [-0.4, -0.2) is 10.5 Å². The topological polar surface area (TPSA) is 34.0 Å². The number of benzene rings is 1. The molecule has 1 amide bonds. The number of hydrogen-bond donors (Lipinski definition) is 1. The molecule has 0 atom stereocenters. The van der Waals surface area contributed by atoms with Crippen molar-refractivity contribution in [1.82, 2.24) is 9.88 Å². The van der Waals surface area contributed by atoms with E-state index in [0.717, 1.165) is 10.2 Å². The fraction of sp³-hybridized carbons (Fsp3) is 0.167. The molecule has 0 radical (unpaired) electrons. The second kappa shape index (κ2) is 6.79. The number of nitrogens with zero attached hydrogens (tertiary/aromatic N) is 1. The molecule has 0 aliphatic rings. The molecule has 23 heavy (non-hydrogen) atoms. The van der Waals surface area contributed by atoms with Crippen LogP contribution in [0, 0.1) is 5.82 Å². The molecule has 0 saturated heterocycles. The van der Waals surface area contributed by atoms with Crippen LogP contribution in [-0.2, 0) is 13.1 Å². The van der Waals surface area contributed by atoms with Crippen LogP contribution < -0.4 is 5.32 Å². The number of aromatic nitrogens is 1.